The number of phenolic OH excluding ortho intramolecular Hbond substituents is 1. The Kier molecular flexibility index (Phi) is 4.83. The highest BCUT2D eigenvalue weighted by atomic mass is 16.6. The second-order valence-corrected chi connectivity index (χ2v) is 4.52. The van der Waals surface area contributed by atoms with Gasteiger partial charge in [-0.2, -0.15) is 0 Å². The van der Waals surface area contributed by atoms with Crippen LogP contribution >= 0.6 is 0 Å². The molecule has 2 aromatic rings. The number of amides is 2. The van der Waals surface area contributed by atoms with Crippen LogP contribution in [0.25, 0.3) is 6.08 Å². The number of benzene rings is 2. The third-order valence-corrected chi connectivity index (χ3v) is 2.89. The van der Waals surface area contributed by atoms with Gasteiger partial charge >= 0.3 is 0 Å². The minimum absolute atomic E-state index is 0.0235. The average Bonchev–Trinajstić information content (AvgIpc) is 2.53. The van der Waals surface area contributed by atoms with Crippen molar-refractivity contribution in [2.45, 2.75) is 0 Å². The van der Waals surface area contributed by atoms with Gasteiger partial charge < -0.3 is 5.11 Å². The highest BCUT2D eigenvalue weighted by molar-refractivity contribution is 6.10. The smallest absolute Gasteiger partial charge is 0.270 e. The molecule has 0 fully saturated rings. The molecule has 0 spiro atoms. The minimum Gasteiger partial charge on any atom is -0.507 e. The lowest BCUT2D eigenvalue weighted by Gasteiger charge is -2.03. The first kappa shape index (κ1) is 15.9. The van der Waals surface area contributed by atoms with E-state index >= 15 is 0 Å². The Labute approximate surface area is 131 Å². The zero-order chi connectivity index (χ0) is 16.8. The zero-order valence-electron chi connectivity index (χ0n) is 11.8. The summed E-state index contributed by atoms with van der Waals surface area (Å²) < 4.78 is 0. The number of imide groups is 1. The van der Waals surface area contributed by atoms with Gasteiger partial charge in [0, 0.05) is 18.2 Å². The Morgan fingerprint density at radius 2 is 1.87 bits per heavy atom. The van der Waals surface area contributed by atoms with E-state index in [4.69, 9.17) is 0 Å². The Hall–Kier alpha value is -3.48. The highest BCUT2D eigenvalue weighted by Crippen LogP contribution is 2.15. The maximum absolute atomic E-state index is 11.8. The molecule has 0 heterocycles. The number of carbonyl (C=O) groups is 2. The van der Waals surface area contributed by atoms with E-state index < -0.39 is 16.7 Å². The number of aromatic hydroxyl groups is 1. The number of phenols is 1. The Morgan fingerprint density at radius 3 is 2.57 bits per heavy atom. The van der Waals surface area contributed by atoms with Crippen LogP contribution in [0.2, 0.25) is 0 Å². The topological polar surface area (TPSA) is 110 Å². The van der Waals surface area contributed by atoms with Crippen LogP contribution in [-0.2, 0) is 4.79 Å². The van der Waals surface area contributed by atoms with Crippen molar-refractivity contribution in [3.8, 4) is 5.75 Å². The van der Waals surface area contributed by atoms with E-state index in [2.05, 4.69) is 5.32 Å². The fourth-order valence-corrected chi connectivity index (χ4v) is 1.80. The number of nitrogens with zero attached hydrogens (tertiary/aromatic N) is 1. The fraction of sp³-hybridized carbons (Fsp3) is 0. The molecule has 2 rings (SSSR count). The summed E-state index contributed by atoms with van der Waals surface area (Å²) in [5.41, 5.74) is 0.326. The van der Waals surface area contributed by atoms with E-state index in [0.717, 1.165) is 6.08 Å². The van der Waals surface area contributed by atoms with E-state index in [1.54, 1.807) is 18.2 Å². The summed E-state index contributed by atoms with van der Waals surface area (Å²) in [6.07, 6.45) is 2.43. The predicted molar refractivity (Wildman–Crippen MR) is 82.7 cm³/mol. The lowest BCUT2D eigenvalue weighted by atomic mass is 10.2. The van der Waals surface area contributed by atoms with Crippen LogP contribution < -0.4 is 5.32 Å². The largest absolute Gasteiger partial charge is 0.507 e. The van der Waals surface area contributed by atoms with Gasteiger partial charge in [-0.3, -0.25) is 25.0 Å². The van der Waals surface area contributed by atoms with Crippen molar-refractivity contribution in [3.63, 3.8) is 0 Å². The third-order valence-electron chi connectivity index (χ3n) is 2.89. The molecule has 0 aromatic heterocycles. The fourth-order valence-electron chi connectivity index (χ4n) is 1.80. The van der Waals surface area contributed by atoms with E-state index in [1.165, 1.54) is 36.4 Å². The first-order valence-electron chi connectivity index (χ1n) is 6.53. The van der Waals surface area contributed by atoms with Crippen LogP contribution in [0.15, 0.2) is 54.6 Å². The van der Waals surface area contributed by atoms with Gasteiger partial charge in [-0.15, -0.1) is 0 Å². The average molecular weight is 312 g/mol. The monoisotopic (exact) mass is 312 g/mol. The molecule has 0 aliphatic heterocycles. The maximum Gasteiger partial charge on any atom is 0.270 e. The van der Waals surface area contributed by atoms with E-state index in [0.29, 0.717) is 5.56 Å². The number of nitrogens with one attached hydrogen (secondary N) is 1. The normalized spacial score (nSPS) is 10.4. The summed E-state index contributed by atoms with van der Waals surface area (Å²) in [4.78, 5) is 33.6. The van der Waals surface area contributed by atoms with Gasteiger partial charge in [0.1, 0.15) is 5.75 Å². The van der Waals surface area contributed by atoms with E-state index in [9.17, 15) is 24.8 Å². The van der Waals surface area contributed by atoms with Crippen LogP contribution in [0.4, 0.5) is 5.69 Å². The molecular formula is C16H12N2O5. The summed E-state index contributed by atoms with van der Waals surface area (Å²) in [6, 6.07) is 11.5. The molecule has 116 valence electrons. The number of carbonyl (C=O) groups excluding carboxylic acids is 2. The van der Waals surface area contributed by atoms with Crippen molar-refractivity contribution in [1.82, 2.24) is 5.32 Å². The number of para-hydroxylation sites is 1. The maximum atomic E-state index is 11.8. The molecule has 2 N–H and O–H groups in total. The first-order chi connectivity index (χ1) is 11.0. The molecule has 7 heteroatoms. The number of rotatable bonds is 4. The molecule has 2 aromatic carbocycles. The minimum atomic E-state index is -0.739. The molecular weight excluding hydrogens is 300 g/mol. The van der Waals surface area contributed by atoms with E-state index in [-0.39, 0.29) is 17.0 Å². The molecule has 0 saturated heterocycles. The van der Waals surface area contributed by atoms with Gasteiger partial charge in [-0.05, 0) is 23.8 Å². The number of hydrogen-bond donors (Lipinski definition) is 2. The number of nitro groups is 1. The van der Waals surface area contributed by atoms with Crippen molar-refractivity contribution in [3.05, 3.63) is 75.8 Å². The first-order valence-corrected chi connectivity index (χ1v) is 6.53. The molecule has 0 bridgehead atoms. The summed E-state index contributed by atoms with van der Waals surface area (Å²) in [7, 11) is 0. The van der Waals surface area contributed by atoms with Gasteiger partial charge in [-0.1, -0.05) is 24.3 Å². The summed E-state index contributed by atoms with van der Waals surface area (Å²) in [5.74, 6) is -1.68. The third kappa shape index (κ3) is 4.24. The van der Waals surface area contributed by atoms with Crippen LogP contribution in [0.1, 0.15) is 15.9 Å². The van der Waals surface area contributed by atoms with Crippen LogP contribution in [0.3, 0.4) is 0 Å². The summed E-state index contributed by atoms with van der Waals surface area (Å²) in [5, 5.41) is 22.3. The second-order valence-electron chi connectivity index (χ2n) is 4.52. The number of nitro benzene ring substituents is 1. The molecule has 0 atom stereocenters. The molecule has 0 saturated carbocycles. The predicted octanol–water partition coefficient (Wildman–Crippen LogP) is 2.27. The molecule has 7 nitrogen and oxygen atoms in total. The Bertz CT molecular complexity index is 799. The van der Waals surface area contributed by atoms with Gasteiger partial charge in [0.05, 0.1) is 10.5 Å². The Balaban J connectivity index is 2.05. The molecule has 0 aliphatic carbocycles. The van der Waals surface area contributed by atoms with Crippen molar-refractivity contribution >= 4 is 23.6 Å². The van der Waals surface area contributed by atoms with Gasteiger partial charge in [0.2, 0.25) is 0 Å². The van der Waals surface area contributed by atoms with Crippen LogP contribution in [0.5, 0.6) is 5.75 Å². The van der Waals surface area contributed by atoms with E-state index in [1.807, 2.05) is 0 Å². The zero-order valence-corrected chi connectivity index (χ0v) is 11.8. The highest BCUT2D eigenvalue weighted by Gasteiger charge is 2.12. The lowest BCUT2D eigenvalue weighted by molar-refractivity contribution is -0.384. The molecule has 0 unspecified atom stereocenters. The summed E-state index contributed by atoms with van der Waals surface area (Å²) in [6.45, 7) is 0. The standard InChI is InChI=1S/C16H12N2O5/c19-14-7-2-1-6-13(14)16(21)17-15(20)9-8-11-4-3-5-12(10-11)18(22)23/h1-10,19H,(H,17,20,21). The molecule has 0 radical (unpaired) electrons. The molecule has 2 amide bonds. The van der Waals surface area contributed by atoms with Crippen molar-refractivity contribution in [1.29, 1.82) is 0 Å². The lowest BCUT2D eigenvalue weighted by Crippen LogP contribution is -2.28. The summed E-state index contributed by atoms with van der Waals surface area (Å²) >= 11 is 0. The Morgan fingerprint density at radius 1 is 1.13 bits per heavy atom. The van der Waals surface area contributed by atoms with Gasteiger partial charge in [0.25, 0.3) is 17.5 Å². The second kappa shape index (κ2) is 6.99. The quantitative estimate of drug-likeness (QED) is 0.511. The van der Waals surface area contributed by atoms with Crippen molar-refractivity contribution in [2.75, 3.05) is 0 Å². The van der Waals surface area contributed by atoms with Gasteiger partial charge in [-0.25, -0.2) is 0 Å². The number of hydrogen-bond acceptors (Lipinski definition) is 5. The molecule has 23 heavy (non-hydrogen) atoms. The van der Waals surface area contributed by atoms with Crippen molar-refractivity contribution in [2.24, 2.45) is 0 Å². The SMILES string of the molecule is O=C(C=Cc1cccc([N+](=O)[O-])c1)NC(=O)c1ccccc1O. The molecule has 0 aliphatic rings. The van der Waals surface area contributed by atoms with Crippen LogP contribution in [-0.4, -0.2) is 21.8 Å². The van der Waals surface area contributed by atoms with Crippen molar-refractivity contribution < 1.29 is 19.6 Å². The van der Waals surface area contributed by atoms with Crippen LogP contribution in [0, 0.1) is 10.1 Å². The van der Waals surface area contributed by atoms with Gasteiger partial charge in [0.15, 0.2) is 0 Å². The number of non-ortho nitro benzene ring substituents is 1.